The molecule has 3 aromatic carbocycles. The van der Waals surface area contributed by atoms with Gasteiger partial charge in [-0.3, -0.25) is 0 Å². The van der Waals surface area contributed by atoms with Gasteiger partial charge in [-0.25, -0.2) is 14.8 Å². The number of nitrogens with zero attached hydrogens (tertiary/aromatic N) is 2. The van der Waals surface area contributed by atoms with E-state index in [4.69, 9.17) is 9.47 Å². The summed E-state index contributed by atoms with van der Waals surface area (Å²) in [5.74, 6) is 1.87. The van der Waals surface area contributed by atoms with Crippen molar-refractivity contribution in [1.82, 2.24) is 9.97 Å². The van der Waals surface area contributed by atoms with E-state index in [1.165, 1.54) is 0 Å². The first-order valence-electron chi connectivity index (χ1n) is 9.75. The fourth-order valence-corrected chi connectivity index (χ4v) is 3.09. The second kappa shape index (κ2) is 9.09. The molecule has 0 saturated carbocycles. The van der Waals surface area contributed by atoms with Gasteiger partial charge in [-0.2, -0.15) is 0 Å². The van der Waals surface area contributed by atoms with E-state index in [1.807, 2.05) is 55.5 Å². The van der Waals surface area contributed by atoms with Gasteiger partial charge in [0.05, 0.1) is 18.4 Å². The number of hydrogen-bond acceptors (Lipinski definition) is 6. The number of aromatic nitrogens is 2. The van der Waals surface area contributed by atoms with Crippen LogP contribution in [0.5, 0.6) is 11.5 Å². The normalized spacial score (nSPS) is 10.4. The van der Waals surface area contributed by atoms with Gasteiger partial charge in [0, 0.05) is 23.4 Å². The molecule has 0 radical (unpaired) electrons. The molecule has 1 aromatic heterocycles. The van der Waals surface area contributed by atoms with Crippen molar-refractivity contribution in [3.05, 3.63) is 96.3 Å². The maximum Gasteiger partial charge on any atom is 0.343 e. The molecule has 0 atom stereocenters. The van der Waals surface area contributed by atoms with Crippen LogP contribution in [0.15, 0.2) is 84.9 Å². The standard InChI is InChI=1S/C25H21N3O3/c1-17-26-23(18-8-4-3-5-9-18)16-24(27-17)28-20-11-7-13-22(15-20)31-25(29)19-10-6-12-21(14-19)30-2/h3-16H,1-2H3,(H,26,27,28). The fourth-order valence-electron chi connectivity index (χ4n) is 3.09. The van der Waals surface area contributed by atoms with Gasteiger partial charge >= 0.3 is 5.97 Å². The van der Waals surface area contributed by atoms with E-state index in [9.17, 15) is 4.79 Å². The van der Waals surface area contributed by atoms with Crippen molar-refractivity contribution in [2.45, 2.75) is 6.92 Å². The topological polar surface area (TPSA) is 73.3 Å². The molecule has 0 aliphatic rings. The first-order chi connectivity index (χ1) is 15.1. The largest absolute Gasteiger partial charge is 0.497 e. The van der Waals surface area contributed by atoms with Crippen LogP contribution in [0.4, 0.5) is 11.5 Å². The lowest BCUT2D eigenvalue weighted by molar-refractivity contribution is 0.0734. The highest BCUT2D eigenvalue weighted by Gasteiger charge is 2.11. The fraction of sp³-hybridized carbons (Fsp3) is 0.0800. The summed E-state index contributed by atoms with van der Waals surface area (Å²) in [6.45, 7) is 1.85. The Morgan fingerprint density at radius 1 is 0.839 bits per heavy atom. The summed E-state index contributed by atoms with van der Waals surface area (Å²) in [4.78, 5) is 21.5. The summed E-state index contributed by atoms with van der Waals surface area (Å²) in [5, 5.41) is 3.26. The number of benzene rings is 3. The maximum absolute atomic E-state index is 12.5. The lowest BCUT2D eigenvalue weighted by Crippen LogP contribution is -2.08. The van der Waals surface area contributed by atoms with Gasteiger partial charge in [0.25, 0.3) is 0 Å². The van der Waals surface area contributed by atoms with Crippen LogP contribution >= 0.6 is 0 Å². The maximum atomic E-state index is 12.5. The molecule has 1 heterocycles. The second-order valence-electron chi connectivity index (χ2n) is 6.83. The Bertz CT molecular complexity index is 1210. The molecule has 0 bridgehead atoms. The van der Waals surface area contributed by atoms with Crippen LogP contribution in [0.2, 0.25) is 0 Å². The summed E-state index contributed by atoms with van der Waals surface area (Å²) < 4.78 is 10.7. The lowest BCUT2D eigenvalue weighted by atomic mass is 10.1. The predicted octanol–water partition coefficient (Wildman–Crippen LogP) is 5.42. The number of hydrogen-bond donors (Lipinski definition) is 1. The molecule has 6 nitrogen and oxygen atoms in total. The van der Waals surface area contributed by atoms with Crippen molar-refractivity contribution < 1.29 is 14.3 Å². The van der Waals surface area contributed by atoms with Crippen molar-refractivity contribution in [3.8, 4) is 22.8 Å². The van der Waals surface area contributed by atoms with E-state index in [1.54, 1.807) is 43.5 Å². The molecule has 6 heteroatoms. The van der Waals surface area contributed by atoms with E-state index in [-0.39, 0.29) is 0 Å². The van der Waals surface area contributed by atoms with Crippen LogP contribution in [0.25, 0.3) is 11.3 Å². The van der Waals surface area contributed by atoms with E-state index < -0.39 is 5.97 Å². The Hall–Kier alpha value is -4.19. The zero-order chi connectivity index (χ0) is 21.6. The minimum Gasteiger partial charge on any atom is -0.497 e. The van der Waals surface area contributed by atoms with Gasteiger partial charge in [-0.05, 0) is 37.3 Å². The number of anilines is 2. The average Bonchev–Trinajstić information content (AvgIpc) is 2.79. The van der Waals surface area contributed by atoms with Crippen LogP contribution in [0.3, 0.4) is 0 Å². The number of aryl methyl sites for hydroxylation is 1. The molecule has 0 unspecified atom stereocenters. The number of carbonyl (C=O) groups is 1. The monoisotopic (exact) mass is 411 g/mol. The van der Waals surface area contributed by atoms with Crippen molar-refractivity contribution >= 4 is 17.5 Å². The summed E-state index contributed by atoms with van der Waals surface area (Å²) in [6, 6.07) is 25.8. The van der Waals surface area contributed by atoms with E-state index in [0.29, 0.717) is 28.7 Å². The molecule has 0 amide bonds. The quantitative estimate of drug-likeness (QED) is 0.337. The Balaban J connectivity index is 1.52. The SMILES string of the molecule is COc1cccc(C(=O)Oc2cccc(Nc3cc(-c4ccccc4)nc(C)n3)c2)c1. The van der Waals surface area contributed by atoms with Crippen molar-refractivity contribution in [3.63, 3.8) is 0 Å². The molecule has 0 saturated heterocycles. The summed E-state index contributed by atoms with van der Waals surface area (Å²) in [7, 11) is 1.55. The molecular weight excluding hydrogens is 390 g/mol. The molecule has 4 aromatic rings. The first kappa shape index (κ1) is 20.1. The number of nitrogens with one attached hydrogen (secondary N) is 1. The van der Waals surface area contributed by atoms with Gasteiger partial charge in [-0.1, -0.05) is 42.5 Å². The third-order valence-corrected chi connectivity index (χ3v) is 4.53. The van der Waals surface area contributed by atoms with Gasteiger partial charge in [0.2, 0.25) is 0 Å². The number of rotatable bonds is 6. The van der Waals surface area contributed by atoms with Gasteiger partial charge < -0.3 is 14.8 Å². The van der Waals surface area contributed by atoms with Gasteiger partial charge in [0.15, 0.2) is 0 Å². The Morgan fingerprint density at radius 2 is 1.61 bits per heavy atom. The molecule has 0 spiro atoms. The highest BCUT2D eigenvalue weighted by molar-refractivity contribution is 5.91. The van der Waals surface area contributed by atoms with E-state index in [2.05, 4.69) is 15.3 Å². The summed E-state index contributed by atoms with van der Waals surface area (Å²) in [6.07, 6.45) is 0. The van der Waals surface area contributed by atoms with Gasteiger partial charge in [-0.15, -0.1) is 0 Å². The minimum absolute atomic E-state index is 0.414. The van der Waals surface area contributed by atoms with Crippen molar-refractivity contribution in [2.24, 2.45) is 0 Å². The molecule has 4 rings (SSSR count). The third kappa shape index (κ3) is 5.05. The number of esters is 1. The number of methoxy groups -OCH3 is 1. The minimum atomic E-state index is -0.458. The van der Waals surface area contributed by atoms with Crippen LogP contribution in [-0.4, -0.2) is 23.0 Å². The van der Waals surface area contributed by atoms with Crippen LogP contribution in [0.1, 0.15) is 16.2 Å². The van der Waals surface area contributed by atoms with E-state index in [0.717, 1.165) is 16.9 Å². The van der Waals surface area contributed by atoms with Crippen molar-refractivity contribution in [1.29, 1.82) is 0 Å². The van der Waals surface area contributed by atoms with Crippen LogP contribution < -0.4 is 14.8 Å². The predicted molar refractivity (Wildman–Crippen MR) is 120 cm³/mol. The number of ether oxygens (including phenoxy) is 2. The smallest absolute Gasteiger partial charge is 0.343 e. The first-order valence-corrected chi connectivity index (χ1v) is 9.75. The molecule has 31 heavy (non-hydrogen) atoms. The molecule has 154 valence electrons. The van der Waals surface area contributed by atoms with Crippen LogP contribution in [-0.2, 0) is 0 Å². The zero-order valence-corrected chi connectivity index (χ0v) is 17.2. The molecule has 0 fully saturated rings. The van der Waals surface area contributed by atoms with Crippen LogP contribution in [0, 0.1) is 6.92 Å². The number of carbonyl (C=O) groups excluding carboxylic acids is 1. The summed E-state index contributed by atoms with van der Waals surface area (Å²) >= 11 is 0. The molecule has 1 N–H and O–H groups in total. The zero-order valence-electron chi connectivity index (χ0n) is 17.2. The second-order valence-corrected chi connectivity index (χ2v) is 6.83. The average molecular weight is 411 g/mol. The van der Waals surface area contributed by atoms with Gasteiger partial charge in [0.1, 0.15) is 23.1 Å². The molecule has 0 aliphatic heterocycles. The molecular formula is C25H21N3O3. The lowest BCUT2D eigenvalue weighted by Gasteiger charge is -2.11. The third-order valence-electron chi connectivity index (χ3n) is 4.53. The Labute approximate surface area is 180 Å². The highest BCUT2D eigenvalue weighted by atomic mass is 16.5. The highest BCUT2D eigenvalue weighted by Crippen LogP contribution is 2.25. The summed E-state index contributed by atoms with van der Waals surface area (Å²) in [5.41, 5.74) is 3.00. The molecule has 0 aliphatic carbocycles. The Kier molecular flexibility index (Phi) is 5.89. The van der Waals surface area contributed by atoms with Crippen molar-refractivity contribution in [2.75, 3.05) is 12.4 Å². The van der Waals surface area contributed by atoms with E-state index >= 15 is 0 Å². The Morgan fingerprint density at radius 3 is 2.42 bits per heavy atom.